The van der Waals surface area contributed by atoms with Gasteiger partial charge >= 0.3 is 0 Å². The van der Waals surface area contributed by atoms with Gasteiger partial charge in [0, 0.05) is 17.8 Å². The number of hydrogen-bond donors (Lipinski definition) is 2. The molecule has 3 rings (SSSR count). The molecule has 2 amide bonds. The van der Waals surface area contributed by atoms with Crippen molar-refractivity contribution in [3.8, 4) is 5.75 Å². The van der Waals surface area contributed by atoms with Gasteiger partial charge in [0.05, 0.1) is 13.4 Å². The van der Waals surface area contributed by atoms with Gasteiger partial charge in [-0.05, 0) is 54.1 Å². The molecule has 0 bridgehead atoms. The predicted molar refractivity (Wildman–Crippen MR) is 97.3 cm³/mol. The van der Waals surface area contributed by atoms with Gasteiger partial charge in [0.15, 0.2) is 5.76 Å². The van der Waals surface area contributed by atoms with Gasteiger partial charge in [-0.1, -0.05) is 12.1 Å². The number of ether oxygens (including phenoxy) is 1. The Hall–Kier alpha value is -3.54. The van der Waals surface area contributed by atoms with Gasteiger partial charge in [0.2, 0.25) is 0 Å². The van der Waals surface area contributed by atoms with E-state index in [1.807, 2.05) is 24.3 Å². The molecule has 0 fully saturated rings. The van der Waals surface area contributed by atoms with Crippen LogP contribution in [0.2, 0.25) is 0 Å². The summed E-state index contributed by atoms with van der Waals surface area (Å²) >= 11 is 0. The Morgan fingerprint density at radius 3 is 2.31 bits per heavy atom. The van der Waals surface area contributed by atoms with Crippen molar-refractivity contribution in [2.75, 3.05) is 12.4 Å². The van der Waals surface area contributed by atoms with E-state index in [4.69, 9.17) is 9.15 Å². The maximum atomic E-state index is 12.2. The molecule has 6 heteroatoms. The summed E-state index contributed by atoms with van der Waals surface area (Å²) in [5.41, 5.74) is 2.06. The van der Waals surface area contributed by atoms with Crippen LogP contribution in [0.25, 0.3) is 0 Å². The lowest BCUT2D eigenvalue weighted by Crippen LogP contribution is -2.22. The number of furan rings is 1. The second-order valence-electron chi connectivity index (χ2n) is 5.54. The van der Waals surface area contributed by atoms with E-state index in [9.17, 15) is 9.59 Å². The fourth-order valence-corrected chi connectivity index (χ4v) is 2.33. The van der Waals surface area contributed by atoms with Crippen molar-refractivity contribution >= 4 is 17.5 Å². The minimum atomic E-state index is -0.341. The Bertz CT molecular complexity index is 869. The van der Waals surface area contributed by atoms with E-state index in [2.05, 4.69) is 10.6 Å². The van der Waals surface area contributed by atoms with Crippen molar-refractivity contribution in [2.45, 2.75) is 6.54 Å². The molecule has 132 valence electrons. The Morgan fingerprint density at radius 2 is 1.69 bits per heavy atom. The first-order valence-corrected chi connectivity index (χ1v) is 8.02. The third-order valence-electron chi connectivity index (χ3n) is 3.76. The van der Waals surface area contributed by atoms with Gasteiger partial charge in [-0.3, -0.25) is 9.59 Å². The highest BCUT2D eigenvalue weighted by Gasteiger charge is 2.10. The Labute approximate surface area is 150 Å². The molecule has 1 aromatic heterocycles. The molecular formula is C20H18N2O4. The molecule has 0 aliphatic heterocycles. The number of anilines is 1. The van der Waals surface area contributed by atoms with Crippen molar-refractivity contribution in [3.63, 3.8) is 0 Å². The SMILES string of the molecule is COc1ccc(CNC(=O)c2ccc(NC(=O)c3ccco3)cc2)cc1. The summed E-state index contributed by atoms with van der Waals surface area (Å²) in [5, 5.41) is 5.56. The second-order valence-corrected chi connectivity index (χ2v) is 5.54. The van der Waals surface area contributed by atoms with Crippen LogP contribution in [0.1, 0.15) is 26.5 Å². The number of hydrogen-bond acceptors (Lipinski definition) is 4. The molecule has 3 aromatic rings. The first-order chi connectivity index (χ1) is 12.7. The van der Waals surface area contributed by atoms with E-state index >= 15 is 0 Å². The highest BCUT2D eigenvalue weighted by molar-refractivity contribution is 6.02. The molecule has 0 saturated heterocycles. The summed E-state index contributed by atoms with van der Waals surface area (Å²) in [7, 11) is 1.61. The van der Waals surface area contributed by atoms with Crippen molar-refractivity contribution in [2.24, 2.45) is 0 Å². The zero-order valence-corrected chi connectivity index (χ0v) is 14.2. The molecule has 0 radical (unpaired) electrons. The summed E-state index contributed by atoms with van der Waals surface area (Å²) in [4.78, 5) is 24.1. The average Bonchev–Trinajstić information content (AvgIpc) is 3.22. The maximum Gasteiger partial charge on any atom is 0.291 e. The second kappa shape index (κ2) is 8.02. The van der Waals surface area contributed by atoms with Crippen molar-refractivity contribution in [3.05, 3.63) is 83.8 Å². The topological polar surface area (TPSA) is 80.6 Å². The van der Waals surface area contributed by atoms with E-state index in [0.29, 0.717) is 17.8 Å². The Balaban J connectivity index is 1.55. The molecule has 0 saturated carbocycles. The molecular weight excluding hydrogens is 332 g/mol. The van der Waals surface area contributed by atoms with Gasteiger partial charge in [-0.25, -0.2) is 0 Å². The number of methoxy groups -OCH3 is 1. The van der Waals surface area contributed by atoms with Crippen molar-refractivity contribution < 1.29 is 18.7 Å². The normalized spacial score (nSPS) is 10.2. The maximum absolute atomic E-state index is 12.2. The van der Waals surface area contributed by atoms with Crippen LogP contribution in [0, 0.1) is 0 Å². The molecule has 1 heterocycles. The molecule has 0 aliphatic carbocycles. The van der Waals surface area contributed by atoms with Crippen LogP contribution in [0.4, 0.5) is 5.69 Å². The van der Waals surface area contributed by atoms with Crippen LogP contribution in [-0.4, -0.2) is 18.9 Å². The number of nitrogens with one attached hydrogen (secondary N) is 2. The van der Waals surface area contributed by atoms with E-state index in [0.717, 1.165) is 11.3 Å². The highest BCUT2D eigenvalue weighted by atomic mass is 16.5. The van der Waals surface area contributed by atoms with Gasteiger partial charge in [0.25, 0.3) is 11.8 Å². The zero-order chi connectivity index (χ0) is 18.4. The number of amides is 2. The average molecular weight is 350 g/mol. The minimum absolute atomic E-state index is 0.190. The van der Waals surface area contributed by atoms with Crippen molar-refractivity contribution in [1.29, 1.82) is 0 Å². The van der Waals surface area contributed by atoms with Crippen LogP contribution >= 0.6 is 0 Å². The third kappa shape index (κ3) is 4.30. The van der Waals surface area contributed by atoms with Gasteiger partial charge in [0.1, 0.15) is 5.75 Å². The molecule has 0 unspecified atom stereocenters. The molecule has 2 N–H and O–H groups in total. The number of carbonyl (C=O) groups excluding carboxylic acids is 2. The number of benzene rings is 2. The zero-order valence-electron chi connectivity index (χ0n) is 14.2. The largest absolute Gasteiger partial charge is 0.497 e. The van der Waals surface area contributed by atoms with Crippen LogP contribution in [0.3, 0.4) is 0 Å². The summed E-state index contributed by atoms with van der Waals surface area (Å²) < 4.78 is 10.1. The van der Waals surface area contributed by atoms with E-state index in [1.54, 1.807) is 43.5 Å². The lowest BCUT2D eigenvalue weighted by atomic mass is 10.1. The number of carbonyl (C=O) groups is 2. The summed E-state index contributed by atoms with van der Waals surface area (Å²) in [5.74, 6) is 0.468. The van der Waals surface area contributed by atoms with Gasteiger partial charge in [-0.2, -0.15) is 0 Å². The smallest absolute Gasteiger partial charge is 0.291 e. The molecule has 0 aliphatic rings. The summed E-state index contributed by atoms with van der Waals surface area (Å²) in [6.07, 6.45) is 1.44. The van der Waals surface area contributed by atoms with Gasteiger partial charge in [-0.15, -0.1) is 0 Å². The molecule has 2 aromatic carbocycles. The molecule has 0 spiro atoms. The lowest BCUT2D eigenvalue weighted by Gasteiger charge is -2.08. The first kappa shape index (κ1) is 17.3. The summed E-state index contributed by atoms with van der Waals surface area (Å²) in [6.45, 7) is 0.416. The van der Waals surface area contributed by atoms with Crippen molar-refractivity contribution in [1.82, 2.24) is 5.32 Å². The quantitative estimate of drug-likeness (QED) is 0.713. The molecule has 6 nitrogen and oxygen atoms in total. The van der Waals surface area contributed by atoms with Crippen LogP contribution < -0.4 is 15.4 Å². The van der Waals surface area contributed by atoms with Crippen LogP contribution in [0.5, 0.6) is 5.75 Å². The number of rotatable bonds is 6. The Morgan fingerprint density at radius 1 is 0.962 bits per heavy atom. The van der Waals surface area contributed by atoms with E-state index in [1.165, 1.54) is 6.26 Å². The van der Waals surface area contributed by atoms with Gasteiger partial charge < -0.3 is 19.8 Å². The standard InChI is InChI=1S/C20H18N2O4/c1-25-17-10-4-14(5-11-17)13-21-19(23)15-6-8-16(9-7-15)22-20(24)18-3-2-12-26-18/h2-12H,13H2,1H3,(H,21,23)(H,22,24). The van der Waals surface area contributed by atoms with E-state index < -0.39 is 0 Å². The van der Waals surface area contributed by atoms with Crippen LogP contribution in [-0.2, 0) is 6.54 Å². The predicted octanol–water partition coefficient (Wildman–Crippen LogP) is 3.47. The lowest BCUT2D eigenvalue weighted by molar-refractivity contribution is 0.0950. The molecule has 26 heavy (non-hydrogen) atoms. The molecule has 0 atom stereocenters. The fraction of sp³-hybridized carbons (Fsp3) is 0.100. The highest BCUT2D eigenvalue weighted by Crippen LogP contribution is 2.13. The van der Waals surface area contributed by atoms with Crippen LogP contribution in [0.15, 0.2) is 71.3 Å². The summed E-state index contributed by atoms with van der Waals surface area (Å²) in [6, 6.07) is 17.4. The van der Waals surface area contributed by atoms with E-state index in [-0.39, 0.29) is 17.6 Å². The first-order valence-electron chi connectivity index (χ1n) is 8.02. The monoisotopic (exact) mass is 350 g/mol. The minimum Gasteiger partial charge on any atom is -0.497 e. The third-order valence-corrected chi connectivity index (χ3v) is 3.76. The fourth-order valence-electron chi connectivity index (χ4n) is 2.33. The Kier molecular flexibility index (Phi) is 5.34.